The molecule has 0 radical (unpaired) electrons. The molecule has 12 heteroatoms. The lowest BCUT2D eigenvalue weighted by Gasteiger charge is -2.39. The zero-order chi connectivity index (χ0) is 31.7. The molecule has 2 amide bonds. The molecule has 0 heterocycles. The van der Waals surface area contributed by atoms with Gasteiger partial charge in [-0.15, -0.1) is 0 Å². The van der Waals surface area contributed by atoms with Gasteiger partial charge in [0.25, 0.3) is 0 Å². The van der Waals surface area contributed by atoms with E-state index in [-0.39, 0.29) is 42.6 Å². The second kappa shape index (κ2) is 12.2. The Morgan fingerprint density at radius 1 is 0.581 bits per heavy atom. The van der Waals surface area contributed by atoms with Crippen LogP contribution in [0.3, 0.4) is 0 Å². The Labute approximate surface area is 259 Å². The van der Waals surface area contributed by atoms with Crippen molar-refractivity contribution in [3.05, 3.63) is 105 Å². The molecule has 0 aliphatic heterocycles. The molecule has 0 aliphatic carbocycles. The van der Waals surface area contributed by atoms with Crippen LogP contribution < -0.4 is 10.6 Å². The van der Waals surface area contributed by atoms with Crippen LogP contribution in [0.5, 0.6) is 0 Å². The van der Waals surface area contributed by atoms with Gasteiger partial charge < -0.3 is 10.6 Å². The average molecular weight is 728 g/mol. The SMILES string of the molecule is CC(=O)Nc1c(Br)cc(C(c2cc(Br)c(NC(C)=O)c(-c3ccccc3)c2)(C(F)(F)F)C(F)(F)F)cc1-c1ccccc1. The third-order valence-electron chi connectivity index (χ3n) is 6.67. The summed E-state index contributed by atoms with van der Waals surface area (Å²) in [6, 6.07) is 18.6. The van der Waals surface area contributed by atoms with E-state index < -0.39 is 40.7 Å². The molecule has 0 atom stereocenters. The Bertz CT molecular complexity index is 1550. The third kappa shape index (κ3) is 6.21. The van der Waals surface area contributed by atoms with E-state index >= 15 is 26.3 Å². The summed E-state index contributed by atoms with van der Waals surface area (Å²) in [5.74, 6) is -1.15. The first-order chi connectivity index (χ1) is 20.1. The highest BCUT2D eigenvalue weighted by molar-refractivity contribution is 9.11. The first-order valence-corrected chi connectivity index (χ1v) is 14.1. The summed E-state index contributed by atoms with van der Waals surface area (Å²) in [6.45, 7) is 2.34. The number of rotatable bonds is 6. The fourth-order valence-corrected chi connectivity index (χ4v) is 6.04. The third-order valence-corrected chi connectivity index (χ3v) is 7.92. The molecule has 0 saturated heterocycles. The number of halogens is 8. The molecular weight excluding hydrogens is 706 g/mol. The van der Waals surface area contributed by atoms with Gasteiger partial charge >= 0.3 is 12.4 Å². The Balaban J connectivity index is 2.17. The lowest BCUT2D eigenvalue weighted by Crippen LogP contribution is -2.54. The largest absolute Gasteiger partial charge is 0.411 e. The maximum atomic E-state index is 15.3. The summed E-state index contributed by atoms with van der Waals surface area (Å²) in [5, 5.41) is 5.01. The van der Waals surface area contributed by atoms with Crippen molar-refractivity contribution in [2.45, 2.75) is 31.6 Å². The minimum atomic E-state index is -5.91. The molecule has 4 aromatic rings. The molecule has 224 valence electrons. The van der Waals surface area contributed by atoms with Crippen molar-refractivity contribution < 1.29 is 35.9 Å². The maximum absolute atomic E-state index is 15.3. The van der Waals surface area contributed by atoms with Crippen molar-refractivity contribution in [2.75, 3.05) is 10.6 Å². The van der Waals surface area contributed by atoms with Crippen LogP contribution in [0.1, 0.15) is 25.0 Å². The lowest BCUT2D eigenvalue weighted by molar-refractivity contribution is -0.288. The van der Waals surface area contributed by atoms with Gasteiger partial charge in [0.1, 0.15) is 0 Å². The number of amides is 2. The van der Waals surface area contributed by atoms with Gasteiger partial charge in [-0.25, -0.2) is 0 Å². The molecule has 0 saturated carbocycles. The van der Waals surface area contributed by atoms with Gasteiger partial charge in [0.05, 0.1) is 11.4 Å². The predicted molar refractivity (Wildman–Crippen MR) is 161 cm³/mol. The highest BCUT2D eigenvalue weighted by Crippen LogP contribution is 2.59. The van der Waals surface area contributed by atoms with Gasteiger partial charge in [0.2, 0.25) is 17.2 Å². The van der Waals surface area contributed by atoms with Crippen LogP contribution >= 0.6 is 31.9 Å². The second-order valence-corrected chi connectivity index (χ2v) is 11.3. The van der Waals surface area contributed by atoms with Crippen LogP contribution in [0, 0.1) is 0 Å². The summed E-state index contributed by atoms with van der Waals surface area (Å²) >= 11 is 6.24. The number of hydrogen-bond donors (Lipinski definition) is 2. The van der Waals surface area contributed by atoms with Gasteiger partial charge in [-0.1, -0.05) is 60.7 Å². The molecule has 4 aromatic carbocycles. The molecule has 2 N–H and O–H groups in total. The van der Waals surface area contributed by atoms with Crippen molar-refractivity contribution in [3.63, 3.8) is 0 Å². The zero-order valence-electron chi connectivity index (χ0n) is 22.4. The normalized spacial score (nSPS) is 12.1. The van der Waals surface area contributed by atoms with Gasteiger partial charge in [-0.05, 0) is 78.4 Å². The molecule has 0 bridgehead atoms. The number of benzene rings is 4. The number of anilines is 2. The van der Waals surface area contributed by atoms with Crippen LogP contribution in [-0.2, 0) is 15.0 Å². The van der Waals surface area contributed by atoms with Crippen LogP contribution in [0.4, 0.5) is 37.7 Å². The number of carbonyl (C=O) groups excluding carboxylic acids is 2. The summed E-state index contributed by atoms with van der Waals surface area (Å²) in [4.78, 5) is 23.9. The van der Waals surface area contributed by atoms with Crippen molar-refractivity contribution >= 4 is 55.0 Å². The minimum Gasteiger partial charge on any atom is -0.325 e. The van der Waals surface area contributed by atoms with E-state index in [1.807, 2.05) is 0 Å². The maximum Gasteiger partial charge on any atom is 0.411 e. The van der Waals surface area contributed by atoms with E-state index in [4.69, 9.17) is 0 Å². The van der Waals surface area contributed by atoms with E-state index in [1.165, 1.54) is 38.1 Å². The molecular formula is C31H22Br2F6N2O2. The molecule has 0 spiro atoms. The van der Waals surface area contributed by atoms with Gasteiger partial charge in [-0.3, -0.25) is 9.59 Å². The van der Waals surface area contributed by atoms with Crippen molar-refractivity contribution in [2.24, 2.45) is 0 Å². The fraction of sp³-hybridized carbons (Fsp3) is 0.161. The topological polar surface area (TPSA) is 58.2 Å². The Morgan fingerprint density at radius 2 is 0.907 bits per heavy atom. The second-order valence-electron chi connectivity index (χ2n) is 9.60. The molecule has 0 fully saturated rings. The fourth-order valence-electron chi connectivity index (χ4n) is 4.93. The van der Waals surface area contributed by atoms with Gasteiger partial charge in [0, 0.05) is 33.9 Å². The molecule has 0 aromatic heterocycles. The Kier molecular flexibility index (Phi) is 9.13. The standard InChI is InChI=1S/C31H22Br2F6N2O2/c1-17(42)40-27-23(19-9-5-3-6-10-19)13-21(15-25(27)32)29(30(34,35)36,31(37,38)39)22-14-24(20-11-7-4-8-12-20)28(26(33)16-22)41-18(2)43/h3-16H,1-2H3,(H,40,42)(H,41,43). The highest BCUT2D eigenvalue weighted by atomic mass is 79.9. The van der Waals surface area contributed by atoms with Crippen LogP contribution in [0.25, 0.3) is 22.3 Å². The zero-order valence-corrected chi connectivity index (χ0v) is 25.6. The van der Waals surface area contributed by atoms with Crippen molar-refractivity contribution in [1.29, 1.82) is 0 Å². The van der Waals surface area contributed by atoms with Crippen molar-refractivity contribution in [1.82, 2.24) is 0 Å². The Morgan fingerprint density at radius 3 is 1.19 bits per heavy atom. The molecule has 43 heavy (non-hydrogen) atoms. The van der Waals surface area contributed by atoms with Crippen LogP contribution in [0.2, 0.25) is 0 Å². The molecule has 4 rings (SSSR count). The van der Waals surface area contributed by atoms with E-state index in [1.54, 1.807) is 36.4 Å². The van der Waals surface area contributed by atoms with E-state index in [0.717, 1.165) is 24.3 Å². The summed E-state index contributed by atoms with van der Waals surface area (Å²) in [5.41, 5.74) is -6.36. The Hall–Kier alpha value is -3.64. The smallest absolute Gasteiger partial charge is 0.325 e. The lowest BCUT2D eigenvalue weighted by atomic mass is 9.71. The van der Waals surface area contributed by atoms with Crippen LogP contribution in [-0.4, -0.2) is 24.2 Å². The minimum absolute atomic E-state index is 0.00728. The average Bonchev–Trinajstić information content (AvgIpc) is 2.90. The molecule has 0 unspecified atom stereocenters. The van der Waals surface area contributed by atoms with E-state index in [2.05, 4.69) is 42.5 Å². The first kappa shape index (κ1) is 32.3. The van der Waals surface area contributed by atoms with Gasteiger partial charge in [0.15, 0.2) is 0 Å². The molecule has 4 nitrogen and oxygen atoms in total. The van der Waals surface area contributed by atoms with E-state index in [0.29, 0.717) is 0 Å². The van der Waals surface area contributed by atoms with Crippen molar-refractivity contribution in [3.8, 4) is 22.3 Å². The molecule has 0 aliphatic rings. The van der Waals surface area contributed by atoms with Gasteiger partial charge in [-0.2, -0.15) is 26.3 Å². The quantitative estimate of drug-likeness (QED) is 0.194. The van der Waals surface area contributed by atoms with Crippen LogP contribution in [0.15, 0.2) is 93.9 Å². The predicted octanol–water partition coefficient (Wildman–Crippen LogP) is 9.87. The first-order valence-electron chi connectivity index (χ1n) is 12.6. The summed E-state index contributed by atoms with van der Waals surface area (Å²) < 4.78 is 91.5. The number of nitrogens with one attached hydrogen (secondary N) is 2. The highest BCUT2D eigenvalue weighted by Gasteiger charge is 2.72. The van der Waals surface area contributed by atoms with E-state index in [9.17, 15) is 9.59 Å². The monoisotopic (exact) mass is 726 g/mol. The number of hydrogen-bond acceptors (Lipinski definition) is 2. The summed E-state index contributed by atoms with van der Waals surface area (Å²) in [7, 11) is 0. The number of alkyl halides is 6. The number of carbonyl (C=O) groups is 2. The summed E-state index contributed by atoms with van der Waals surface area (Å²) in [6.07, 6.45) is -11.8.